The second-order valence-corrected chi connectivity index (χ2v) is 16.8. The Labute approximate surface area is 363 Å². The summed E-state index contributed by atoms with van der Waals surface area (Å²) in [6, 6.07) is 58.0. The number of benzene rings is 11. The van der Waals surface area contributed by atoms with Crippen LogP contribution in [-0.2, 0) is 0 Å². The number of fused-ring (bicyclic) bond motifs is 4. The number of aromatic hydroxyl groups is 4. The molecule has 0 aliphatic heterocycles. The highest BCUT2D eigenvalue weighted by Gasteiger charge is 2.27. The Morgan fingerprint density at radius 2 is 0.825 bits per heavy atom. The predicted octanol–water partition coefficient (Wildman–Crippen LogP) is 13.7. The largest absolute Gasteiger partial charge is 0.504 e. The van der Waals surface area contributed by atoms with Gasteiger partial charge in [-0.05, 0) is 135 Å². The van der Waals surface area contributed by atoms with E-state index in [0.29, 0.717) is 5.56 Å². The van der Waals surface area contributed by atoms with Gasteiger partial charge in [0.1, 0.15) is 0 Å². The minimum Gasteiger partial charge on any atom is -0.504 e. The number of phenols is 4. The van der Waals surface area contributed by atoms with Crippen molar-refractivity contribution in [3.63, 3.8) is 0 Å². The van der Waals surface area contributed by atoms with Crippen molar-refractivity contribution in [3.8, 4) is 78.6 Å². The number of rotatable bonds is 5. The first-order valence-electron chi connectivity index (χ1n) is 21.5. The molecule has 11 aromatic carbocycles. The summed E-state index contributed by atoms with van der Waals surface area (Å²) in [5, 5.41) is 57.9. The van der Waals surface area contributed by atoms with Crippen molar-refractivity contribution < 1.29 is 20.4 Å². The first-order chi connectivity index (χ1) is 30.9. The van der Waals surface area contributed by atoms with Crippen LogP contribution in [0.1, 0.15) is 18.4 Å². The molecule has 4 heteroatoms. The van der Waals surface area contributed by atoms with E-state index in [-0.39, 0.29) is 11.1 Å². The lowest BCUT2D eigenvalue weighted by Crippen LogP contribution is -2.30. The first kappa shape index (κ1) is 36.7. The van der Waals surface area contributed by atoms with Gasteiger partial charge in [-0.15, -0.1) is 0 Å². The Hall–Kier alpha value is -8.08. The molecule has 0 bridgehead atoms. The van der Waals surface area contributed by atoms with E-state index in [1.54, 1.807) is 6.92 Å². The number of phenolic OH excluding ortho intramolecular Hbond substituents is 4. The molecule has 0 saturated heterocycles. The van der Waals surface area contributed by atoms with Gasteiger partial charge in [-0.25, -0.2) is 0 Å². The van der Waals surface area contributed by atoms with Crippen LogP contribution >= 0.6 is 0 Å². The molecule has 1 aliphatic carbocycles. The maximum atomic E-state index is 11.5. The summed E-state index contributed by atoms with van der Waals surface area (Å²) in [5.74, 6) is -2.47. The van der Waals surface area contributed by atoms with Gasteiger partial charge in [0.15, 0.2) is 11.5 Å². The minimum absolute atomic E-state index is 0.262. The van der Waals surface area contributed by atoms with Crippen molar-refractivity contribution >= 4 is 66.0 Å². The monoisotopic (exact) mass is 812 g/mol. The van der Waals surface area contributed by atoms with Crippen LogP contribution < -0.4 is 10.4 Å². The van der Waals surface area contributed by atoms with E-state index in [2.05, 4.69) is 140 Å². The lowest BCUT2D eigenvalue weighted by Gasteiger charge is -2.21. The van der Waals surface area contributed by atoms with Gasteiger partial charge >= 0.3 is 0 Å². The summed E-state index contributed by atoms with van der Waals surface area (Å²) >= 11 is 0. The fourth-order valence-electron chi connectivity index (χ4n) is 10.5. The quantitative estimate of drug-likeness (QED) is 0.0604. The molecule has 63 heavy (non-hydrogen) atoms. The second-order valence-electron chi connectivity index (χ2n) is 16.8. The predicted molar refractivity (Wildman–Crippen MR) is 261 cm³/mol. The van der Waals surface area contributed by atoms with Gasteiger partial charge < -0.3 is 20.4 Å². The van der Waals surface area contributed by atoms with Gasteiger partial charge in [0.25, 0.3) is 0 Å². The average Bonchev–Trinajstić information content (AvgIpc) is 3.34. The molecule has 11 aromatic rings. The maximum absolute atomic E-state index is 11.5. The van der Waals surface area contributed by atoms with Gasteiger partial charge in [-0.3, -0.25) is 0 Å². The standard InChI is InChI=1S/C59H40O4/c1-33-50(57(61)59(63)58(62)56(33)60)55-45-17-8-7-16-44(45)52(47-30-28-41(32-49(47)55)34-10-3-2-4-11-34)39-22-18-35(19-23-39)36-20-24-40(25-21-36)53-43-15-6-5-14-42(43)46-29-26-37-12-9-13-38-27-31-48(53)54(46)51(37)38/h2-4,7-32,60-63H,5-6H2,1H3. The minimum atomic E-state index is -0.760. The molecule has 0 fully saturated rings. The van der Waals surface area contributed by atoms with E-state index < -0.39 is 23.0 Å². The Balaban J connectivity index is 1.01. The molecular weight excluding hydrogens is 773 g/mol. The van der Waals surface area contributed by atoms with Crippen molar-refractivity contribution in [1.82, 2.24) is 0 Å². The fourth-order valence-corrected chi connectivity index (χ4v) is 10.5. The molecule has 4 N–H and O–H groups in total. The highest BCUT2D eigenvalue weighted by Crippen LogP contribution is 2.55. The molecule has 4 nitrogen and oxygen atoms in total. The zero-order chi connectivity index (χ0) is 42.5. The summed E-state index contributed by atoms with van der Waals surface area (Å²) in [6.45, 7) is 1.64. The number of hydrogen-bond donors (Lipinski definition) is 4. The van der Waals surface area contributed by atoms with Crippen LogP contribution in [-0.4, -0.2) is 20.4 Å². The van der Waals surface area contributed by atoms with Crippen molar-refractivity contribution in [2.24, 2.45) is 0 Å². The fraction of sp³-hybridized carbons (Fsp3) is 0.0508. The molecule has 0 unspecified atom stereocenters. The molecule has 0 spiro atoms. The van der Waals surface area contributed by atoms with Crippen LogP contribution in [0.25, 0.3) is 122 Å². The van der Waals surface area contributed by atoms with E-state index in [0.717, 1.165) is 67.8 Å². The second kappa shape index (κ2) is 14.0. The third-order valence-corrected chi connectivity index (χ3v) is 13.5. The van der Waals surface area contributed by atoms with Crippen molar-refractivity contribution in [3.05, 3.63) is 180 Å². The first-order valence-corrected chi connectivity index (χ1v) is 21.5. The van der Waals surface area contributed by atoms with Crippen LogP contribution in [0.4, 0.5) is 0 Å². The molecule has 12 rings (SSSR count). The third kappa shape index (κ3) is 5.48. The van der Waals surface area contributed by atoms with Gasteiger partial charge in [-0.2, -0.15) is 0 Å². The summed E-state index contributed by atoms with van der Waals surface area (Å²) in [6.07, 6.45) is 6.94. The molecule has 0 saturated carbocycles. The zero-order valence-electron chi connectivity index (χ0n) is 34.4. The maximum Gasteiger partial charge on any atom is 0.204 e. The summed E-state index contributed by atoms with van der Waals surface area (Å²) in [7, 11) is 0. The van der Waals surface area contributed by atoms with Crippen LogP contribution in [0.2, 0.25) is 0 Å². The highest BCUT2D eigenvalue weighted by atomic mass is 16.3. The van der Waals surface area contributed by atoms with E-state index in [1.807, 2.05) is 36.4 Å². The van der Waals surface area contributed by atoms with Crippen LogP contribution in [0, 0.1) is 6.92 Å². The molecule has 0 heterocycles. The van der Waals surface area contributed by atoms with Gasteiger partial charge in [-0.1, -0.05) is 170 Å². The lowest BCUT2D eigenvalue weighted by atomic mass is 9.83. The molecule has 0 amide bonds. The lowest BCUT2D eigenvalue weighted by molar-refractivity contribution is 0.345. The average molecular weight is 813 g/mol. The third-order valence-electron chi connectivity index (χ3n) is 13.5. The summed E-state index contributed by atoms with van der Waals surface area (Å²) < 4.78 is 0. The van der Waals surface area contributed by atoms with Crippen molar-refractivity contribution in [2.75, 3.05) is 0 Å². The molecule has 0 radical (unpaired) electrons. The topological polar surface area (TPSA) is 80.9 Å². The smallest absolute Gasteiger partial charge is 0.204 e. The van der Waals surface area contributed by atoms with Crippen molar-refractivity contribution in [1.29, 1.82) is 0 Å². The van der Waals surface area contributed by atoms with Crippen LogP contribution in [0.3, 0.4) is 0 Å². The SMILES string of the molecule is Cc1c(O)c(O)c(O)c(O)c1-c1c2ccccc2c(-c2ccc(-c3ccc(-c4c5c(c6ccc7cccc8ccc4c6c87)=CCCC=5)cc3)cc2)c2ccc(-c3ccccc3)cc12. The molecule has 0 atom stereocenters. The summed E-state index contributed by atoms with van der Waals surface area (Å²) in [4.78, 5) is 0. The Kier molecular flexibility index (Phi) is 8.16. The molecule has 1 aliphatic rings. The van der Waals surface area contributed by atoms with Crippen LogP contribution in [0.15, 0.2) is 164 Å². The molecule has 300 valence electrons. The van der Waals surface area contributed by atoms with Gasteiger partial charge in [0.05, 0.1) is 0 Å². The van der Waals surface area contributed by atoms with E-state index in [4.69, 9.17) is 0 Å². The van der Waals surface area contributed by atoms with E-state index in [9.17, 15) is 20.4 Å². The highest BCUT2D eigenvalue weighted by molar-refractivity contribution is 6.26. The Morgan fingerprint density at radius 3 is 1.51 bits per heavy atom. The molecule has 0 aromatic heterocycles. The number of hydrogen-bond acceptors (Lipinski definition) is 4. The van der Waals surface area contributed by atoms with E-state index in [1.165, 1.54) is 53.9 Å². The van der Waals surface area contributed by atoms with Gasteiger partial charge in [0, 0.05) is 16.7 Å². The zero-order valence-corrected chi connectivity index (χ0v) is 34.4. The van der Waals surface area contributed by atoms with Gasteiger partial charge in [0.2, 0.25) is 11.5 Å². The Morgan fingerprint density at radius 1 is 0.317 bits per heavy atom. The molecular formula is C59H40O4. The van der Waals surface area contributed by atoms with Crippen LogP contribution in [0.5, 0.6) is 23.0 Å². The van der Waals surface area contributed by atoms with Crippen molar-refractivity contribution in [2.45, 2.75) is 19.8 Å². The summed E-state index contributed by atoms with van der Waals surface area (Å²) in [5.41, 5.74) is 9.99. The van der Waals surface area contributed by atoms with E-state index >= 15 is 0 Å². The Bertz CT molecular complexity index is 3770. The normalized spacial score (nSPS) is 12.6.